The van der Waals surface area contributed by atoms with Gasteiger partial charge in [0, 0.05) is 23.0 Å². The van der Waals surface area contributed by atoms with Crippen molar-refractivity contribution in [3.05, 3.63) is 41.9 Å². The molecule has 4 nitrogen and oxygen atoms in total. The first-order valence-corrected chi connectivity index (χ1v) is 8.32. The molecule has 0 saturated heterocycles. The number of halogens is 2. The van der Waals surface area contributed by atoms with Crippen LogP contribution < -0.4 is 10.5 Å². The Hall–Kier alpha value is -2.08. The van der Waals surface area contributed by atoms with E-state index in [1.807, 2.05) is 13.8 Å². The highest BCUT2D eigenvalue weighted by Gasteiger charge is 2.24. The van der Waals surface area contributed by atoms with Crippen molar-refractivity contribution < 1.29 is 13.5 Å². The standard InChI is InChI=1S/C19H25F2N3O/c1-12(2)10-19(4,22)11-25-16-6-5-15(24-17(16)18(20)21)14-7-8-23-13(3)9-14/h5-9,12,18H,10-11,22H2,1-4H3. The summed E-state index contributed by atoms with van der Waals surface area (Å²) in [5, 5.41) is 0. The van der Waals surface area contributed by atoms with Gasteiger partial charge in [-0.15, -0.1) is 0 Å². The summed E-state index contributed by atoms with van der Waals surface area (Å²) in [4.78, 5) is 8.21. The Morgan fingerprint density at radius 1 is 1.24 bits per heavy atom. The number of hydrogen-bond donors (Lipinski definition) is 1. The Labute approximate surface area is 147 Å². The van der Waals surface area contributed by atoms with Crippen molar-refractivity contribution in [1.82, 2.24) is 9.97 Å². The van der Waals surface area contributed by atoms with E-state index in [0.717, 1.165) is 17.7 Å². The summed E-state index contributed by atoms with van der Waals surface area (Å²) in [6.07, 6.45) is -0.365. The minimum atomic E-state index is -2.73. The number of nitrogens with two attached hydrogens (primary N) is 1. The lowest BCUT2D eigenvalue weighted by Crippen LogP contribution is -2.43. The quantitative estimate of drug-likeness (QED) is 0.798. The van der Waals surface area contributed by atoms with Crippen molar-refractivity contribution >= 4 is 0 Å². The fraction of sp³-hybridized carbons (Fsp3) is 0.474. The lowest BCUT2D eigenvalue weighted by Gasteiger charge is -2.27. The second-order valence-electron chi connectivity index (χ2n) is 7.11. The molecule has 0 aliphatic heterocycles. The van der Waals surface area contributed by atoms with E-state index < -0.39 is 12.0 Å². The summed E-state index contributed by atoms with van der Waals surface area (Å²) in [6, 6.07) is 6.75. The average Bonchev–Trinajstić information content (AvgIpc) is 2.51. The zero-order chi connectivity index (χ0) is 18.6. The van der Waals surface area contributed by atoms with Crippen LogP contribution in [-0.4, -0.2) is 22.1 Å². The third-order valence-electron chi connectivity index (χ3n) is 3.72. The van der Waals surface area contributed by atoms with Crippen molar-refractivity contribution in [2.75, 3.05) is 6.61 Å². The highest BCUT2D eigenvalue weighted by Crippen LogP contribution is 2.31. The molecular weight excluding hydrogens is 324 g/mol. The van der Waals surface area contributed by atoms with Gasteiger partial charge in [-0.25, -0.2) is 13.8 Å². The Kier molecular flexibility index (Phi) is 6.06. The highest BCUT2D eigenvalue weighted by molar-refractivity contribution is 5.60. The predicted molar refractivity (Wildman–Crippen MR) is 94.7 cm³/mol. The van der Waals surface area contributed by atoms with E-state index >= 15 is 0 Å². The number of rotatable bonds is 7. The zero-order valence-electron chi connectivity index (χ0n) is 15.1. The molecule has 1 atom stereocenters. The van der Waals surface area contributed by atoms with Crippen LogP contribution in [0.3, 0.4) is 0 Å². The van der Waals surface area contributed by atoms with Gasteiger partial charge in [-0.1, -0.05) is 13.8 Å². The molecule has 0 aromatic carbocycles. The van der Waals surface area contributed by atoms with Crippen LogP contribution in [0.5, 0.6) is 5.75 Å². The van der Waals surface area contributed by atoms with E-state index in [1.54, 1.807) is 24.4 Å². The fourth-order valence-corrected chi connectivity index (χ4v) is 2.84. The highest BCUT2D eigenvalue weighted by atomic mass is 19.3. The van der Waals surface area contributed by atoms with Gasteiger partial charge in [-0.2, -0.15) is 0 Å². The lowest BCUT2D eigenvalue weighted by molar-refractivity contribution is 0.134. The van der Waals surface area contributed by atoms with E-state index in [4.69, 9.17) is 10.5 Å². The molecule has 2 heterocycles. The number of aryl methyl sites for hydroxylation is 1. The van der Waals surface area contributed by atoms with Crippen LogP contribution in [0.2, 0.25) is 0 Å². The molecule has 2 N–H and O–H groups in total. The molecule has 25 heavy (non-hydrogen) atoms. The molecule has 0 fully saturated rings. The van der Waals surface area contributed by atoms with Crippen molar-refractivity contribution in [3.63, 3.8) is 0 Å². The molecule has 1 unspecified atom stereocenters. The maximum absolute atomic E-state index is 13.4. The number of hydrogen-bond acceptors (Lipinski definition) is 4. The molecule has 0 radical (unpaired) electrons. The van der Waals surface area contributed by atoms with E-state index in [1.165, 1.54) is 6.07 Å². The molecule has 2 aromatic rings. The van der Waals surface area contributed by atoms with Gasteiger partial charge in [-0.3, -0.25) is 4.98 Å². The number of aromatic nitrogens is 2. The first-order chi connectivity index (χ1) is 11.7. The molecule has 2 aromatic heterocycles. The van der Waals surface area contributed by atoms with Gasteiger partial charge in [0.25, 0.3) is 6.43 Å². The SMILES string of the molecule is Cc1cc(-c2ccc(OCC(C)(N)CC(C)C)c(C(F)F)n2)ccn1. The number of nitrogens with zero attached hydrogens (tertiary/aromatic N) is 2. The number of ether oxygens (including phenoxy) is 1. The largest absolute Gasteiger partial charge is 0.490 e. The average molecular weight is 349 g/mol. The molecule has 0 bridgehead atoms. The Morgan fingerprint density at radius 2 is 1.96 bits per heavy atom. The molecular formula is C19H25F2N3O. The van der Waals surface area contributed by atoms with E-state index in [0.29, 0.717) is 11.6 Å². The van der Waals surface area contributed by atoms with Gasteiger partial charge in [0.05, 0.1) is 5.69 Å². The van der Waals surface area contributed by atoms with Crippen molar-refractivity contribution in [3.8, 4) is 17.0 Å². The van der Waals surface area contributed by atoms with Crippen LogP contribution >= 0.6 is 0 Å². The van der Waals surface area contributed by atoms with Crippen LogP contribution in [0.1, 0.15) is 45.0 Å². The number of pyridine rings is 2. The first-order valence-electron chi connectivity index (χ1n) is 8.32. The molecule has 0 aliphatic rings. The van der Waals surface area contributed by atoms with Gasteiger partial charge < -0.3 is 10.5 Å². The van der Waals surface area contributed by atoms with Crippen LogP contribution in [0.15, 0.2) is 30.5 Å². The van der Waals surface area contributed by atoms with Crippen LogP contribution in [0.25, 0.3) is 11.3 Å². The second-order valence-corrected chi connectivity index (χ2v) is 7.11. The van der Waals surface area contributed by atoms with Gasteiger partial charge in [0.15, 0.2) is 0 Å². The van der Waals surface area contributed by atoms with Gasteiger partial charge in [0.2, 0.25) is 0 Å². The monoisotopic (exact) mass is 349 g/mol. The Balaban J connectivity index is 2.25. The smallest absolute Gasteiger partial charge is 0.284 e. The van der Waals surface area contributed by atoms with Crippen molar-refractivity contribution in [2.24, 2.45) is 11.7 Å². The normalized spacial score (nSPS) is 14.0. The third-order valence-corrected chi connectivity index (χ3v) is 3.72. The molecule has 0 saturated carbocycles. The summed E-state index contributed by atoms with van der Waals surface area (Å²) >= 11 is 0. The zero-order valence-corrected chi connectivity index (χ0v) is 15.1. The van der Waals surface area contributed by atoms with Crippen LogP contribution in [0.4, 0.5) is 8.78 Å². The van der Waals surface area contributed by atoms with Gasteiger partial charge in [-0.05, 0) is 50.5 Å². The molecule has 6 heteroatoms. The van der Waals surface area contributed by atoms with Gasteiger partial charge in [0.1, 0.15) is 18.1 Å². The lowest BCUT2D eigenvalue weighted by atomic mass is 9.93. The Bertz CT molecular complexity index is 718. The summed E-state index contributed by atoms with van der Waals surface area (Å²) < 4.78 is 32.5. The Morgan fingerprint density at radius 3 is 2.56 bits per heavy atom. The molecule has 136 valence electrons. The van der Waals surface area contributed by atoms with Crippen LogP contribution in [-0.2, 0) is 0 Å². The summed E-state index contributed by atoms with van der Waals surface area (Å²) in [5.74, 6) is 0.466. The summed E-state index contributed by atoms with van der Waals surface area (Å²) in [6.45, 7) is 7.97. The van der Waals surface area contributed by atoms with E-state index in [9.17, 15) is 8.78 Å². The predicted octanol–water partition coefficient (Wildman–Crippen LogP) is 4.53. The molecule has 0 aliphatic carbocycles. The first kappa shape index (κ1) is 19.2. The summed E-state index contributed by atoms with van der Waals surface area (Å²) in [7, 11) is 0. The molecule has 0 amide bonds. The minimum Gasteiger partial charge on any atom is -0.490 e. The number of alkyl halides is 2. The van der Waals surface area contributed by atoms with Gasteiger partial charge >= 0.3 is 0 Å². The van der Waals surface area contributed by atoms with E-state index in [-0.39, 0.29) is 18.1 Å². The maximum Gasteiger partial charge on any atom is 0.284 e. The third kappa shape index (κ3) is 5.46. The molecule has 2 rings (SSSR count). The maximum atomic E-state index is 13.4. The topological polar surface area (TPSA) is 61.0 Å². The van der Waals surface area contributed by atoms with Crippen LogP contribution in [0, 0.1) is 12.8 Å². The van der Waals surface area contributed by atoms with E-state index in [2.05, 4.69) is 23.8 Å². The second kappa shape index (κ2) is 7.87. The van der Waals surface area contributed by atoms with Crippen molar-refractivity contribution in [2.45, 2.75) is 46.1 Å². The minimum absolute atomic E-state index is 0.0740. The summed E-state index contributed by atoms with van der Waals surface area (Å²) in [5.41, 5.74) is 7.23. The molecule has 0 spiro atoms. The van der Waals surface area contributed by atoms with Crippen molar-refractivity contribution in [1.29, 1.82) is 0 Å². The fourth-order valence-electron chi connectivity index (χ4n) is 2.84.